The molecule has 1 aliphatic carbocycles. The van der Waals surface area contributed by atoms with E-state index in [4.69, 9.17) is 9.97 Å². The molecule has 3 nitrogen and oxygen atoms in total. The third-order valence-electron chi connectivity index (χ3n) is 11.6. The van der Waals surface area contributed by atoms with Crippen LogP contribution in [-0.2, 0) is 5.41 Å². The van der Waals surface area contributed by atoms with Crippen molar-refractivity contribution in [1.29, 1.82) is 5.26 Å². The fraction of sp³-hybridized carbons (Fsp3) is 0.0185. The van der Waals surface area contributed by atoms with Crippen LogP contribution in [0.5, 0.6) is 0 Å². The third-order valence-corrected chi connectivity index (χ3v) is 12.8. The Morgan fingerprint density at radius 3 is 1.31 bits per heavy atom. The number of hydrogen-bond donors (Lipinski definition) is 0. The summed E-state index contributed by atoms with van der Waals surface area (Å²) >= 11 is 1.85. The Bertz CT molecular complexity index is 2970. The zero-order valence-corrected chi connectivity index (χ0v) is 32.1. The third kappa shape index (κ3) is 5.44. The van der Waals surface area contributed by atoms with Crippen molar-refractivity contribution in [3.63, 3.8) is 0 Å². The molecule has 11 rings (SSSR count). The van der Waals surface area contributed by atoms with Crippen LogP contribution in [0.4, 0.5) is 0 Å². The van der Waals surface area contributed by atoms with E-state index >= 15 is 0 Å². The quantitative estimate of drug-likeness (QED) is 0.175. The smallest absolute Gasteiger partial charge is 0.160 e. The van der Waals surface area contributed by atoms with Crippen LogP contribution >= 0.6 is 11.8 Å². The van der Waals surface area contributed by atoms with E-state index < -0.39 is 5.41 Å². The highest BCUT2D eigenvalue weighted by Crippen LogP contribution is 2.62. The van der Waals surface area contributed by atoms with Gasteiger partial charge in [-0.15, -0.1) is 0 Å². The molecular formula is C54H33N3S. The second kappa shape index (κ2) is 13.7. The van der Waals surface area contributed by atoms with Crippen molar-refractivity contribution >= 4 is 11.8 Å². The first-order valence-corrected chi connectivity index (χ1v) is 20.3. The van der Waals surface area contributed by atoms with Crippen molar-refractivity contribution in [3.05, 3.63) is 228 Å². The van der Waals surface area contributed by atoms with Crippen LogP contribution < -0.4 is 0 Å². The summed E-state index contributed by atoms with van der Waals surface area (Å²) < 4.78 is 0. The fourth-order valence-electron chi connectivity index (χ4n) is 8.90. The Hall–Kier alpha value is -7.32. The van der Waals surface area contributed by atoms with Crippen molar-refractivity contribution in [2.75, 3.05) is 0 Å². The van der Waals surface area contributed by atoms with Crippen LogP contribution in [0, 0.1) is 11.3 Å². The van der Waals surface area contributed by atoms with Crippen LogP contribution in [-0.4, -0.2) is 9.97 Å². The largest absolute Gasteiger partial charge is 0.228 e. The second-order valence-corrected chi connectivity index (χ2v) is 15.9. The van der Waals surface area contributed by atoms with Crippen molar-refractivity contribution in [1.82, 2.24) is 9.97 Å². The normalized spacial score (nSPS) is 12.9. The lowest BCUT2D eigenvalue weighted by Gasteiger charge is -2.40. The first-order valence-electron chi connectivity index (χ1n) is 19.4. The first kappa shape index (κ1) is 34.0. The molecule has 58 heavy (non-hydrogen) atoms. The summed E-state index contributed by atoms with van der Waals surface area (Å²) in [6, 6.07) is 73.3. The molecule has 0 radical (unpaired) electrons. The molecule has 0 bridgehead atoms. The predicted octanol–water partition coefficient (Wildman–Crippen LogP) is 13.5. The van der Waals surface area contributed by atoms with Gasteiger partial charge in [0.15, 0.2) is 5.82 Å². The number of fused-ring (bicyclic) bond motifs is 9. The SMILES string of the molecule is N#Cc1ccc(-c2ccc3c(c2)C2(c4cc(-c5ccc(-c6nc(-c7ccccc7)cc(-c7ccccc7)n6)cc5)ccc4S3)c3ccccc3-c3ccccc32)cc1. The summed E-state index contributed by atoms with van der Waals surface area (Å²) in [6.45, 7) is 0. The van der Waals surface area contributed by atoms with Crippen molar-refractivity contribution in [2.24, 2.45) is 0 Å². The summed E-state index contributed by atoms with van der Waals surface area (Å²) in [4.78, 5) is 12.7. The molecule has 0 saturated carbocycles. The van der Waals surface area contributed by atoms with Crippen LogP contribution in [0.3, 0.4) is 0 Å². The minimum Gasteiger partial charge on any atom is -0.228 e. The standard InChI is InChI=1S/C54H33N3S/c55-34-35-19-21-36(22-20-35)41-27-29-51-47(31-41)54(45-17-9-7-15-43(45)44-16-8-10-18-46(44)54)48-32-42(28-30-52(48)58-51)37-23-25-40(26-24-37)53-56-49(38-11-3-1-4-12-38)33-50(57-53)39-13-5-2-6-14-39/h1-33H. The summed E-state index contributed by atoms with van der Waals surface area (Å²) in [6.07, 6.45) is 0. The van der Waals surface area contributed by atoms with E-state index in [1.54, 1.807) is 0 Å². The zero-order chi connectivity index (χ0) is 38.6. The molecule has 8 aromatic carbocycles. The molecule has 1 spiro atoms. The van der Waals surface area contributed by atoms with E-state index in [1.165, 1.54) is 43.2 Å². The molecule has 9 aromatic rings. The van der Waals surface area contributed by atoms with Gasteiger partial charge in [0.25, 0.3) is 0 Å². The Morgan fingerprint density at radius 2 is 0.810 bits per heavy atom. The van der Waals surface area contributed by atoms with Gasteiger partial charge in [0.2, 0.25) is 0 Å². The molecule has 2 heterocycles. The van der Waals surface area contributed by atoms with Gasteiger partial charge in [-0.05, 0) is 98.1 Å². The maximum absolute atomic E-state index is 9.49. The highest BCUT2D eigenvalue weighted by Gasteiger charge is 2.50. The monoisotopic (exact) mass is 755 g/mol. The molecule has 0 saturated heterocycles. The molecule has 0 N–H and O–H groups in total. The van der Waals surface area contributed by atoms with Crippen molar-refractivity contribution in [2.45, 2.75) is 15.2 Å². The molecule has 0 atom stereocenters. The van der Waals surface area contributed by atoms with Crippen LogP contribution in [0.15, 0.2) is 210 Å². The molecule has 1 aromatic heterocycles. The first-order chi connectivity index (χ1) is 28.7. The molecular weight excluding hydrogens is 723 g/mol. The fourth-order valence-corrected chi connectivity index (χ4v) is 10.1. The number of benzene rings is 8. The van der Waals surface area contributed by atoms with Gasteiger partial charge in [-0.2, -0.15) is 5.26 Å². The van der Waals surface area contributed by atoms with E-state index in [0.717, 1.165) is 50.3 Å². The number of hydrogen-bond acceptors (Lipinski definition) is 4. The van der Waals surface area contributed by atoms with Gasteiger partial charge in [-0.3, -0.25) is 0 Å². The lowest BCUT2D eigenvalue weighted by atomic mass is 9.66. The number of rotatable bonds is 5. The van der Waals surface area contributed by atoms with Crippen LogP contribution in [0.2, 0.25) is 0 Å². The molecule has 270 valence electrons. The molecule has 2 aliphatic rings. The molecule has 0 fully saturated rings. The van der Waals surface area contributed by atoms with Crippen molar-refractivity contribution in [3.8, 4) is 73.4 Å². The molecule has 0 amide bonds. The second-order valence-electron chi connectivity index (χ2n) is 14.8. The summed E-state index contributed by atoms with van der Waals surface area (Å²) in [5.74, 6) is 0.696. The lowest BCUT2D eigenvalue weighted by molar-refractivity contribution is 0.723. The van der Waals surface area contributed by atoms with Gasteiger partial charge in [-0.25, -0.2) is 9.97 Å². The van der Waals surface area contributed by atoms with Crippen LogP contribution in [0.25, 0.3) is 67.3 Å². The maximum Gasteiger partial charge on any atom is 0.160 e. The van der Waals surface area contributed by atoms with Gasteiger partial charge >= 0.3 is 0 Å². The Labute approximate surface area is 342 Å². The average Bonchev–Trinajstić information content (AvgIpc) is 3.60. The number of nitrogens with zero attached hydrogens (tertiary/aromatic N) is 3. The maximum atomic E-state index is 9.49. The highest BCUT2D eigenvalue weighted by molar-refractivity contribution is 7.99. The van der Waals surface area contributed by atoms with E-state index in [1.807, 2.05) is 60.3 Å². The summed E-state index contributed by atoms with van der Waals surface area (Å²) in [5, 5.41) is 9.49. The molecule has 4 heteroatoms. The van der Waals surface area contributed by atoms with E-state index in [2.05, 4.69) is 158 Å². The molecule has 0 unspecified atom stereocenters. The van der Waals surface area contributed by atoms with Gasteiger partial charge in [-0.1, -0.05) is 169 Å². The minimum atomic E-state index is -0.527. The summed E-state index contributed by atoms with van der Waals surface area (Å²) in [7, 11) is 0. The van der Waals surface area contributed by atoms with E-state index in [-0.39, 0.29) is 0 Å². The Balaban J connectivity index is 1.06. The topological polar surface area (TPSA) is 49.6 Å². The lowest BCUT2D eigenvalue weighted by Crippen LogP contribution is -2.32. The Morgan fingerprint density at radius 1 is 0.379 bits per heavy atom. The zero-order valence-electron chi connectivity index (χ0n) is 31.3. The van der Waals surface area contributed by atoms with Gasteiger partial charge in [0.05, 0.1) is 28.4 Å². The van der Waals surface area contributed by atoms with E-state index in [9.17, 15) is 5.26 Å². The van der Waals surface area contributed by atoms with Gasteiger partial charge < -0.3 is 0 Å². The number of nitriles is 1. The minimum absolute atomic E-state index is 0.527. The van der Waals surface area contributed by atoms with Gasteiger partial charge in [0, 0.05) is 26.5 Å². The molecule has 1 aliphatic heterocycles. The summed E-state index contributed by atoms with van der Waals surface area (Å²) in [5.41, 5.74) is 17.2. The number of aromatic nitrogens is 2. The highest BCUT2D eigenvalue weighted by atomic mass is 32.2. The average molecular weight is 756 g/mol. The van der Waals surface area contributed by atoms with E-state index in [0.29, 0.717) is 11.4 Å². The Kier molecular flexibility index (Phi) is 8.03. The predicted molar refractivity (Wildman–Crippen MR) is 235 cm³/mol. The van der Waals surface area contributed by atoms with Gasteiger partial charge in [0.1, 0.15) is 0 Å². The van der Waals surface area contributed by atoms with Crippen LogP contribution in [0.1, 0.15) is 27.8 Å². The van der Waals surface area contributed by atoms with Crippen molar-refractivity contribution < 1.29 is 0 Å².